The molecule has 9 heavy (non-hydrogen) atoms. The van der Waals surface area contributed by atoms with Gasteiger partial charge < -0.3 is 0 Å². The highest BCUT2D eigenvalue weighted by molar-refractivity contribution is 5.90. The van der Waals surface area contributed by atoms with Crippen molar-refractivity contribution < 1.29 is 4.79 Å². The number of hydrogen-bond acceptors (Lipinski definition) is 1. The van der Waals surface area contributed by atoms with E-state index in [9.17, 15) is 4.79 Å². The molecule has 0 heterocycles. The van der Waals surface area contributed by atoms with Crippen LogP contribution in [0.1, 0.15) is 26.7 Å². The highest BCUT2D eigenvalue weighted by atomic mass is 16.1. The second kappa shape index (κ2) is 1.98. The summed E-state index contributed by atoms with van der Waals surface area (Å²) in [7, 11) is 0. The Bertz CT molecular complexity index is 154. The van der Waals surface area contributed by atoms with E-state index in [1.165, 1.54) is 0 Å². The minimum absolute atomic E-state index is 0.159. The van der Waals surface area contributed by atoms with Crippen molar-refractivity contribution in [1.82, 2.24) is 0 Å². The summed E-state index contributed by atoms with van der Waals surface area (Å²) in [5.41, 5.74) is 0.159. The fraction of sp³-hybridized carbons (Fsp3) is 0.625. The van der Waals surface area contributed by atoms with Gasteiger partial charge in [0, 0.05) is 6.42 Å². The lowest BCUT2D eigenvalue weighted by molar-refractivity contribution is -0.116. The minimum atomic E-state index is 0.159. The van der Waals surface area contributed by atoms with Crippen LogP contribution in [-0.2, 0) is 4.79 Å². The zero-order valence-electron chi connectivity index (χ0n) is 5.90. The molecule has 0 saturated heterocycles. The van der Waals surface area contributed by atoms with Crippen molar-refractivity contribution in [2.24, 2.45) is 5.41 Å². The fourth-order valence-electron chi connectivity index (χ4n) is 1.03. The first-order valence-electron chi connectivity index (χ1n) is 3.20. The minimum Gasteiger partial charge on any atom is -0.295 e. The third-order valence-corrected chi connectivity index (χ3v) is 1.50. The zero-order chi connectivity index (χ0) is 6.91. The lowest BCUT2D eigenvalue weighted by Gasteiger charge is -2.23. The van der Waals surface area contributed by atoms with Crippen molar-refractivity contribution in [3.05, 3.63) is 12.2 Å². The molecule has 49 valence electrons. The number of carbonyl (C=O) groups excluding carboxylic acids is 1. The van der Waals surface area contributed by atoms with Gasteiger partial charge in [0.1, 0.15) is 0 Å². The second-order valence-electron chi connectivity index (χ2n) is 3.33. The lowest BCUT2D eigenvalue weighted by Crippen LogP contribution is -2.18. The van der Waals surface area contributed by atoms with Gasteiger partial charge in [-0.25, -0.2) is 0 Å². The average Bonchev–Trinajstić information content (AvgIpc) is 1.60. The van der Waals surface area contributed by atoms with E-state index in [-0.39, 0.29) is 11.2 Å². The smallest absolute Gasteiger partial charge is 0.156 e. The molecule has 0 atom stereocenters. The Labute approximate surface area is 55.8 Å². The van der Waals surface area contributed by atoms with Crippen LogP contribution in [-0.4, -0.2) is 5.78 Å². The number of hydrogen-bond donors (Lipinski definition) is 0. The topological polar surface area (TPSA) is 17.1 Å². The Kier molecular flexibility index (Phi) is 1.43. The molecule has 1 aliphatic carbocycles. The quantitative estimate of drug-likeness (QED) is 0.479. The van der Waals surface area contributed by atoms with E-state index in [2.05, 4.69) is 19.9 Å². The summed E-state index contributed by atoms with van der Waals surface area (Å²) in [6.45, 7) is 4.18. The molecule has 1 heteroatoms. The van der Waals surface area contributed by atoms with Crippen LogP contribution in [0.15, 0.2) is 6.08 Å². The molecule has 1 radical (unpaired) electrons. The molecule has 0 N–H and O–H groups in total. The Morgan fingerprint density at radius 3 is 2.67 bits per heavy atom. The highest BCUT2D eigenvalue weighted by Crippen LogP contribution is 2.28. The maximum Gasteiger partial charge on any atom is 0.156 e. The molecule has 0 spiro atoms. The highest BCUT2D eigenvalue weighted by Gasteiger charge is 2.22. The van der Waals surface area contributed by atoms with Crippen molar-refractivity contribution in [3.8, 4) is 0 Å². The summed E-state index contributed by atoms with van der Waals surface area (Å²) >= 11 is 0. The van der Waals surface area contributed by atoms with Crippen molar-refractivity contribution in [2.75, 3.05) is 0 Å². The number of rotatable bonds is 0. The summed E-state index contributed by atoms with van der Waals surface area (Å²) in [5.74, 6) is 0.214. The van der Waals surface area contributed by atoms with Crippen molar-refractivity contribution >= 4 is 5.78 Å². The van der Waals surface area contributed by atoms with Crippen molar-refractivity contribution in [2.45, 2.75) is 26.7 Å². The van der Waals surface area contributed by atoms with Crippen LogP contribution in [0.3, 0.4) is 0 Å². The molecule has 1 aliphatic rings. The molecule has 0 fully saturated rings. The molecule has 0 aromatic heterocycles. The third-order valence-electron chi connectivity index (χ3n) is 1.50. The van der Waals surface area contributed by atoms with Crippen molar-refractivity contribution in [1.29, 1.82) is 0 Å². The van der Waals surface area contributed by atoms with Crippen LogP contribution in [0.4, 0.5) is 0 Å². The predicted octanol–water partition coefficient (Wildman–Crippen LogP) is 1.73. The summed E-state index contributed by atoms with van der Waals surface area (Å²) in [6, 6.07) is 0. The van der Waals surface area contributed by atoms with Crippen LogP contribution in [0.2, 0.25) is 0 Å². The largest absolute Gasteiger partial charge is 0.295 e. The van der Waals surface area contributed by atoms with Crippen molar-refractivity contribution in [3.63, 3.8) is 0 Å². The van der Waals surface area contributed by atoms with Crippen LogP contribution >= 0.6 is 0 Å². The predicted molar refractivity (Wildman–Crippen MR) is 35.8 cm³/mol. The van der Waals surface area contributed by atoms with Crippen LogP contribution < -0.4 is 0 Å². The van der Waals surface area contributed by atoms with Gasteiger partial charge in [-0.2, -0.15) is 0 Å². The van der Waals surface area contributed by atoms with E-state index in [4.69, 9.17) is 0 Å². The molecule has 0 aromatic carbocycles. The van der Waals surface area contributed by atoms with Crippen LogP contribution in [0.25, 0.3) is 0 Å². The molecule has 0 saturated carbocycles. The summed E-state index contributed by atoms with van der Waals surface area (Å²) in [6.07, 6.45) is 6.11. The number of carbonyl (C=O) groups is 1. The molecular weight excluding hydrogens is 112 g/mol. The average molecular weight is 123 g/mol. The van der Waals surface area contributed by atoms with Gasteiger partial charge >= 0.3 is 0 Å². The van der Waals surface area contributed by atoms with E-state index in [0.717, 1.165) is 6.42 Å². The second-order valence-corrected chi connectivity index (χ2v) is 3.33. The standard InChI is InChI=1S/C8H11O/c1-8(2)5-3-4-7(9)6-8/h4H,5-6H2,1-2H3. The maximum atomic E-state index is 10.8. The fourth-order valence-corrected chi connectivity index (χ4v) is 1.03. The van der Waals surface area contributed by atoms with Gasteiger partial charge in [-0.05, 0) is 24.0 Å². The number of ketones is 1. The van der Waals surface area contributed by atoms with Crippen LogP contribution in [0.5, 0.6) is 0 Å². The Balaban J connectivity index is 2.68. The molecule has 1 rings (SSSR count). The number of allylic oxidation sites excluding steroid dienone is 2. The summed E-state index contributed by atoms with van der Waals surface area (Å²) < 4.78 is 0. The lowest BCUT2D eigenvalue weighted by atomic mass is 9.81. The van der Waals surface area contributed by atoms with Gasteiger partial charge in [-0.15, -0.1) is 0 Å². The Morgan fingerprint density at radius 1 is 1.67 bits per heavy atom. The summed E-state index contributed by atoms with van der Waals surface area (Å²) in [4.78, 5) is 10.8. The van der Waals surface area contributed by atoms with E-state index in [1.807, 2.05) is 0 Å². The molecule has 0 aromatic rings. The van der Waals surface area contributed by atoms with Gasteiger partial charge in [0.05, 0.1) is 0 Å². The first kappa shape index (κ1) is 6.53. The first-order chi connectivity index (χ1) is 4.10. The molecule has 0 aliphatic heterocycles. The maximum absolute atomic E-state index is 10.8. The zero-order valence-corrected chi connectivity index (χ0v) is 5.90. The molecule has 0 bridgehead atoms. The van der Waals surface area contributed by atoms with E-state index >= 15 is 0 Å². The normalized spacial score (nSPS) is 24.4. The van der Waals surface area contributed by atoms with Gasteiger partial charge in [0.15, 0.2) is 5.78 Å². The summed E-state index contributed by atoms with van der Waals surface area (Å²) in [5, 5.41) is 0. The molecule has 0 amide bonds. The van der Waals surface area contributed by atoms with E-state index < -0.39 is 0 Å². The van der Waals surface area contributed by atoms with Gasteiger partial charge in [-0.3, -0.25) is 4.79 Å². The molecular formula is C8H11O. The van der Waals surface area contributed by atoms with Gasteiger partial charge in [-0.1, -0.05) is 13.8 Å². The van der Waals surface area contributed by atoms with Gasteiger partial charge in [0.2, 0.25) is 0 Å². The third kappa shape index (κ3) is 1.67. The monoisotopic (exact) mass is 123 g/mol. The molecule has 1 nitrogen and oxygen atoms in total. The van der Waals surface area contributed by atoms with Crippen LogP contribution in [0, 0.1) is 11.5 Å². The Hall–Kier alpha value is -0.590. The van der Waals surface area contributed by atoms with Gasteiger partial charge in [0.25, 0.3) is 0 Å². The SMILES string of the molecule is CC1(C)C[C]=CC(=O)C1. The Morgan fingerprint density at radius 2 is 2.33 bits per heavy atom. The first-order valence-corrected chi connectivity index (χ1v) is 3.20. The van der Waals surface area contributed by atoms with E-state index in [0.29, 0.717) is 6.42 Å². The molecule has 0 unspecified atom stereocenters. The van der Waals surface area contributed by atoms with E-state index in [1.54, 1.807) is 6.08 Å².